The number of rotatable bonds is 8. The Labute approximate surface area is 142 Å². The molecule has 0 aliphatic heterocycles. The highest BCUT2D eigenvalue weighted by Gasteiger charge is 2.35. The maximum absolute atomic E-state index is 12.1. The fourth-order valence-electron chi connectivity index (χ4n) is 1.79. The molecule has 1 atom stereocenters. The maximum Gasteiger partial charge on any atom is 0.272 e. The molecular formula is C15H24N2O6S. The number of para-hydroxylation sites is 1. The lowest BCUT2D eigenvalue weighted by atomic mass is 10.1. The number of benzene rings is 1. The van der Waals surface area contributed by atoms with E-state index in [-0.39, 0.29) is 12.9 Å². The normalized spacial score (nSPS) is 13.3. The topological polar surface area (TPSA) is 105 Å². The number of aryl methyl sites for hydroxylation is 2. The lowest BCUT2D eigenvalue weighted by Gasteiger charge is -2.21. The zero-order valence-corrected chi connectivity index (χ0v) is 15.3. The smallest absolute Gasteiger partial charge is 0.272 e. The van der Waals surface area contributed by atoms with Gasteiger partial charge >= 0.3 is 0 Å². The molecule has 1 aromatic rings. The number of amides is 1. The van der Waals surface area contributed by atoms with Crippen LogP contribution in [0.5, 0.6) is 0 Å². The third-order valence-electron chi connectivity index (χ3n) is 3.23. The average molecular weight is 360 g/mol. The number of aliphatic hydroxyl groups is 1. The predicted octanol–water partition coefficient (Wildman–Crippen LogP) is 1.14. The first-order valence-electron chi connectivity index (χ1n) is 7.34. The first kappa shape index (κ1) is 20.5. The van der Waals surface area contributed by atoms with E-state index >= 15 is 0 Å². The minimum Gasteiger partial charge on any atom is -0.368 e. The summed E-state index contributed by atoms with van der Waals surface area (Å²) in [5, 5.41) is 12.3. The van der Waals surface area contributed by atoms with Crippen molar-refractivity contribution in [2.24, 2.45) is 0 Å². The number of hydroxylamine groups is 1. The number of aliphatic hydroxyl groups excluding tert-OH is 1. The lowest BCUT2D eigenvalue weighted by molar-refractivity contribution is -0.176. The summed E-state index contributed by atoms with van der Waals surface area (Å²) in [7, 11) is -3.33. The van der Waals surface area contributed by atoms with Crippen molar-refractivity contribution in [3.05, 3.63) is 29.3 Å². The molecule has 9 heteroatoms. The molecule has 0 bridgehead atoms. The van der Waals surface area contributed by atoms with Gasteiger partial charge in [-0.1, -0.05) is 22.7 Å². The molecule has 0 heterocycles. The highest BCUT2D eigenvalue weighted by atomic mass is 32.2. The van der Waals surface area contributed by atoms with Crippen LogP contribution in [0.25, 0.3) is 0 Å². The van der Waals surface area contributed by atoms with Crippen LogP contribution in [0.2, 0.25) is 0 Å². The van der Waals surface area contributed by atoms with Gasteiger partial charge in [0, 0.05) is 12.7 Å². The number of carbonyl (C=O) groups is 1. The van der Waals surface area contributed by atoms with E-state index in [0.717, 1.165) is 18.2 Å². The largest absolute Gasteiger partial charge is 0.368 e. The molecule has 24 heavy (non-hydrogen) atoms. The molecule has 2 N–H and O–H groups in total. The second-order valence-electron chi connectivity index (χ2n) is 5.53. The summed E-state index contributed by atoms with van der Waals surface area (Å²) in [6, 6.07) is 5.34. The van der Waals surface area contributed by atoms with Crippen molar-refractivity contribution in [3.8, 4) is 0 Å². The number of ether oxygens (including phenoxy) is 1. The van der Waals surface area contributed by atoms with Gasteiger partial charge in [0.15, 0.2) is 6.79 Å². The minimum absolute atomic E-state index is 0.154. The Morgan fingerprint density at radius 3 is 2.33 bits per heavy atom. The highest BCUT2D eigenvalue weighted by Crippen LogP contribution is 2.20. The number of carbonyl (C=O) groups excluding carboxylic acids is 1. The molecule has 0 fully saturated rings. The van der Waals surface area contributed by atoms with Gasteiger partial charge in [-0.3, -0.25) is 9.63 Å². The van der Waals surface area contributed by atoms with Crippen molar-refractivity contribution in [3.63, 3.8) is 0 Å². The van der Waals surface area contributed by atoms with Gasteiger partial charge in [-0.15, -0.1) is 0 Å². The molecule has 0 aliphatic rings. The second-order valence-corrected chi connectivity index (χ2v) is 7.52. The van der Waals surface area contributed by atoms with Crippen LogP contribution in [-0.2, 0) is 24.4 Å². The van der Waals surface area contributed by atoms with E-state index in [1.165, 1.54) is 0 Å². The summed E-state index contributed by atoms with van der Waals surface area (Å²) >= 11 is 0. The SMILES string of the molecule is Cc1cccc(C)c1NC(=O)C(O)S(=O)(=O)N(C)OCOC(C)C. The molecule has 1 amide bonds. The number of sulfonamides is 1. The molecule has 1 unspecified atom stereocenters. The Bertz CT molecular complexity index is 654. The molecule has 0 saturated carbocycles. The van der Waals surface area contributed by atoms with Gasteiger partial charge < -0.3 is 15.2 Å². The number of hydrogen-bond donors (Lipinski definition) is 2. The highest BCUT2D eigenvalue weighted by molar-refractivity contribution is 7.90. The molecule has 136 valence electrons. The molecule has 0 radical (unpaired) electrons. The number of nitrogens with one attached hydrogen (secondary N) is 1. The van der Waals surface area contributed by atoms with Gasteiger partial charge in [0.25, 0.3) is 21.4 Å². The number of anilines is 1. The summed E-state index contributed by atoms with van der Waals surface area (Å²) in [5.41, 5.74) is -0.338. The van der Waals surface area contributed by atoms with E-state index in [0.29, 0.717) is 10.2 Å². The van der Waals surface area contributed by atoms with Crippen molar-refractivity contribution in [1.82, 2.24) is 4.47 Å². The monoisotopic (exact) mass is 360 g/mol. The van der Waals surface area contributed by atoms with E-state index in [1.807, 2.05) is 6.07 Å². The lowest BCUT2D eigenvalue weighted by Crippen LogP contribution is -2.43. The summed E-state index contributed by atoms with van der Waals surface area (Å²) in [4.78, 5) is 17.0. The molecule has 1 rings (SSSR count). The van der Waals surface area contributed by atoms with Crippen LogP contribution in [0.4, 0.5) is 5.69 Å². The molecule has 0 aliphatic carbocycles. The quantitative estimate of drug-likeness (QED) is 0.532. The van der Waals surface area contributed by atoms with E-state index < -0.39 is 21.4 Å². The standard InChI is InChI=1S/C15H24N2O6S/c1-10(2)22-9-23-17(5)24(20,21)15(19)14(18)16-13-11(3)7-6-8-12(13)4/h6-8,10,15,19H,9H2,1-5H3,(H,16,18). The summed E-state index contributed by atoms with van der Waals surface area (Å²) in [6.07, 6.45) is -0.154. The predicted molar refractivity (Wildman–Crippen MR) is 89.4 cm³/mol. The molecule has 0 saturated heterocycles. The minimum atomic E-state index is -4.41. The van der Waals surface area contributed by atoms with Crippen LogP contribution < -0.4 is 5.32 Å². The van der Waals surface area contributed by atoms with Crippen molar-refractivity contribution in [2.75, 3.05) is 19.2 Å². The average Bonchev–Trinajstić information content (AvgIpc) is 2.49. The fourth-order valence-corrected chi connectivity index (χ4v) is 2.59. The van der Waals surface area contributed by atoms with Gasteiger partial charge in [0.2, 0.25) is 0 Å². The van der Waals surface area contributed by atoms with E-state index in [9.17, 15) is 18.3 Å². The van der Waals surface area contributed by atoms with Gasteiger partial charge in [-0.2, -0.15) is 0 Å². The Morgan fingerprint density at radius 1 is 1.29 bits per heavy atom. The van der Waals surface area contributed by atoms with E-state index in [4.69, 9.17) is 9.57 Å². The zero-order valence-electron chi connectivity index (χ0n) is 14.4. The zero-order chi connectivity index (χ0) is 18.5. The van der Waals surface area contributed by atoms with Crippen LogP contribution >= 0.6 is 0 Å². The molecular weight excluding hydrogens is 336 g/mol. The summed E-state index contributed by atoms with van der Waals surface area (Å²) < 4.78 is 29.8. The van der Waals surface area contributed by atoms with Gasteiger partial charge in [0.1, 0.15) is 0 Å². The third-order valence-corrected chi connectivity index (χ3v) is 4.83. The maximum atomic E-state index is 12.1. The first-order chi connectivity index (χ1) is 11.1. The van der Waals surface area contributed by atoms with Crippen LogP contribution in [0.1, 0.15) is 25.0 Å². The molecule has 0 aromatic heterocycles. The summed E-state index contributed by atoms with van der Waals surface area (Å²) in [5.74, 6) is -1.06. The van der Waals surface area contributed by atoms with Crippen molar-refractivity contribution in [2.45, 2.75) is 39.2 Å². The van der Waals surface area contributed by atoms with E-state index in [1.54, 1.807) is 39.8 Å². The summed E-state index contributed by atoms with van der Waals surface area (Å²) in [6.45, 7) is 6.72. The van der Waals surface area contributed by atoms with Gasteiger partial charge in [-0.05, 0) is 38.8 Å². The first-order valence-corrected chi connectivity index (χ1v) is 8.85. The van der Waals surface area contributed by atoms with Crippen molar-refractivity contribution < 1.29 is 27.9 Å². The van der Waals surface area contributed by atoms with Crippen LogP contribution in [0, 0.1) is 13.8 Å². The van der Waals surface area contributed by atoms with Crippen LogP contribution in [0.3, 0.4) is 0 Å². The Balaban J connectivity index is 2.79. The Morgan fingerprint density at radius 2 is 1.83 bits per heavy atom. The van der Waals surface area contributed by atoms with Crippen molar-refractivity contribution >= 4 is 21.6 Å². The fraction of sp³-hybridized carbons (Fsp3) is 0.533. The second kappa shape index (κ2) is 8.54. The molecule has 1 aromatic carbocycles. The van der Waals surface area contributed by atoms with Crippen LogP contribution in [0.15, 0.2) is 18.2 Å². The Hall–Kier alpha value is -1.52. The van der Waals surface area contributed by atoms with Gasteiger partial charge in [-0.25, -0.2) is 8.42 Å². The third kappa shape index (κ3) is 5.25. The molecule has 8 nitrogen and oxygen atoms in total. The van der Waals surface area contributed by atoms with Crippen molar-refractivity contribution in [1.29, 1.82) is 0 Å². The molecule has 0 spiro atoms. The number of hydrogen-bond acceptors (Lipinski definition) is 6. The number of nitrogens with zero attached hydrogens (tertiary/aromatic N) is 1. The van der Waals surface area contributed by atoms with Gasteiger partial charge in [0.05, 0.1) is 6.10 Å². The van der Waals surface area contributed by atoms with E-state index in [2.05, 4.69) is 5.32 Å². The van der Waals surface area contributed by atoms with Crippen LogP contribution in [-0.4, -0.2) is 49.3 Å². The Kier molecular flexibility index (Phi) is 7.30.